The van der Waals surface area contributed by atoms with Crippen LogP contribution in [0.3, 0.4) is 0 Å². The van der Waals surface area contributed by atoms with Crippen LogP contribution >= 0.6 is 0 Å². The molecular formula is C28H25N. The minimum absolute atomic E-state index is 1.14. The van der Waals surface area contributed by atoms with Crippen molar-refractivity contribution in [1.82, 2.24) is 0 Å². The van der Waals surface area contributed by atoms with Crippen molar-refractivity contribution in [1.29, 1.82) is 0 Å². The lowest BCUT2D eigenvalue weighted by molar-refractivity contribution is 1.28. The van der Waals surface area contributed by atoms with Crippen molar-refractivity contribution in [3.8, 4) is 0 Å². The van der Waals surface area contributed by atoms with Crippen LogP contribution in [0.15, 0.2) is 103 Å². The number of rotatable bonds is 5. The van der Waals surface area contributed by atoms with Gasteiger partial charge in [-0.2, -0.15) is 0 Å². The van der Waals surface area contributed by atoms with Crippen molar-refractivity contribution in [3.63, 3.8) is 0 Å². The Kier molecular flexibility index (Phi) is 5.58. The smallest absolute Gasteiger partial charge is 0.0462 e. The van der Waals surface area contributed by atoms with Crippen LogP contribution in [0.4, 0.5) is 17.1 Å². The maximum Gasteiger partial charge on any atom is 0.0462 e. The first-order valence-electron chi connectivity index (χ1n) is 9.96. The highest BCUT2D eigenvalue weighted by atomic mass is 15.1. The van der Waals surface area contributed by atoms with Gasteiger partial charge in [-0.05, 0) is 66.9 Å². The molecule has 0 unspecified atom stereocenters. The van der Waals surface area contributed by atoms with E-state index in [1.54, 1.807) is 0 Å². The van der Waals surface area contributed by atoms with Crippen molar-refractivity contribution < 1.29 is 0 Å². The minimum Gasteiger partial charge on any atom is -0.311 e. The Balaban J connectivity index is 1.64. The van der Waals surface area contributed by atoms with E-state index in [4.69, 9.17) is 0 Å². The van der Waals surface area contributed by atoms with Crippen LogP contribution in [0.25, 0.3) is 12.2 Å². The van der Waals surface area contributed by atoms with Gasteiger partial charge in [-0.15, -0.1) is 0 Å². The van der Waals surface area contributed by atoms with Crippen molar-refractivity contribution in [2.75, 3.05) is 4.90 Å². The van der Waals surface area contributed by atoms with Gasteiger partial charge in [-0.25, -0.2) is 0 Å². The van der Waals surface area contributed by atoms with Crippen molar-refractivity contribution in [2.45, 2.75) is 13.8 Å². The van der Waals surface area contributed by atoms with E-state index < -0.39 is 0 Å². The summed E-state index contributed by atoms with van der Waals surface area (Å²) in [7, 11) is 0. The number of aryl methyl sites for hydroxylation is 2. The molecule has 0 saturated heterocycles. The highest BCUT2D eigenvalue weighted by Gasteiger charge is 2.11. The van der Waals surface area contributed by atoms with Crippen LogP contribution in [0.2, 0.25) is 0 Å². The normalized spacial score (nSPS) is 11.0. The number of hydrogen-bond acceptors (Lipinski definition) is 1. The molecule has 0 amide bonds. The molecule has 4 aromatic rings. The molecule has 0 atom stereocenters. The van der Waals surface area contributed by atoms with Crippen LogP contribution in [-0.4, -0.2) is 0 Å². The van der Waals surface area contributed by atoms with Crippen LogP contribution < -0.4 is 4.90 Å². The quantitative estimate of drug-likeness (QED) is 0.320. The average molecular weight is 376 g/mol. The molecule has 0 aliphatic carbocycles. The lowest BCUT2D eigenvalue weighted by Crippen LogP contribution is -2.09. The molecule has 0 aliphatic heterocycles. The Bertz CT molecular complexity index is 1050. The molecule has 0 spiro atoms. The average Bonchev–Trinajstić information content (AvgIpc) is 2.77. The number of hydrogen-bond donors (Lipinski definition) is 0. The summed E-state index contributed by atoms with van der Waals surface area (Å²) in [6, 6.07) is 36.2. The van der Waals surface area contributed by atoms with Crippen molar-refractivity contribution in [2.24, 2.45) is 0 Å². The summed E-state index contributed by atoms with van der Waals surface area (Å²) in [4.78, 5) is 2.28. The van der Waals surface area contributed by atoms with Crippen molar-refractivity contribution >= 4 is 29.2 Å². The Morgan fingerprint density at radius 1 is 0.552 bits per heavy atom. The van der Waals surface area contributed by atoms with Gasteiger partial charge >= 0.3 is 0 Å². The van der Waals surface area contributed by atoms with Crippen LogP contribution in [-0.2, 0) is 0 Å². The molecule has 0 aliphatic rings. The Morgan fingerprint density at radius 2 is 1.10 bits per heavy atom. The second kappa shape index (κ2) is 8.62. The molecule has 4 rings (SSSR count). The largest absolute Gasteiger partial charge is 0.311 e. The molecule has 29 heavy (non-hydrogen) atoms. The number of benzene rings is 4. The number of nitrogens with zero attached hydrogens (tertiary/aromatic N) is 1. The van der Waals surface area contributed by atoms with Gasteiger partial charge in [0, 0.05) is 17.1 Å². The molecule has 1 nitrogen and oxygen atoms in total. The van der Waals surface area contributed by atoms with E-state index in [2.05, 4.69) is 122 Å². The molecule has 0 bridgehead atoms. The molecule has 1 heteroatoms. The zero-order valence-electron chi connectivity index (χ0n) is 16.9. The lowest BCUT2D eigenvalue weighted by Gasteiger charge is -2.25. The minimum atomic E-state index is 1.14. The number of para-hydroxylation sites is 2. The highest BCUT2D eigenvalue weighted by molar-refractivity contribution is 5.78. The molecule has 0 heterocycles. The summed E-state index contributed by atoms with van der Waals surface area (Å²) >= 11 is 0. The number of anilines is 3. The molecule has 0 N–H and O–H groups in total. The molecular weight excluding hydrogens is 350 g/mol. The fourth-order valence-electron chi connectivity index (χ4n) is 3.46. The monoisotopic (exact) mass is 375 g/mol. The van der Waals surface area contributed by atoms with E-state index in [0.717, 1.165) is 17.1 Å². The predicted octanol–water partition coefficient (Wildman–Crippen LogP) is 7.94. The third kappa shape index (κ3) is 4.47. The lowest BCUT2D eigenvalue weighted by atomic mass is 10.0. The van der Waals surface area contributed by atoms with Crippen LogP contribution in [0, 0.1) is 13.8 Å². The summed E-state index contributed by atoms with van der Waals surface area (Å²) in [5.41, 5.74) is 8.48. The van der Waals surface area contributed by atoms with Gasteiger partial charge in [0.05, 0.1) is 0 Å². The molecule has 0 radical (unpaired) electrons. The standard InChI is InChI=1S/C28H25N/c1-22-13-14-23(2)25(21-22)18-15-24-16-19-28(20-17-24)29(26-9-5-3-6-10-26)27-11-7-4-8-12-27/h3-21H,1-2H3/b18-15+. The van der Waals surface area contributed by atoms with E-state index >= 15 is 0 Å². The van der Waals surface area contributed by atoms with Crippen LogP contribution in [0.1, 0.15) is 22.3 Å². The van der Waals surface area contributed by atoms with Gasteiger partial charge in [0.1, 0.15) is 0 Å². The summed E-state index contributed by atoms with van der Waals surface area (Å²) in [5.74, 6) is 0. The van der Waals surface area contributed by atoms with Gasteiger partial charge < -0.3 is 4.90 Å². The Morgan fingerprint density at radius 3 is 1.69 bits per heavy atom. The van der Waals surface area contributed by atoms with Crippen LogP contribution in [0.5, 0.6) is 0 Å². The third-order valence-corrected chi connectivity index (χ3v) is 5.07. The molecule has 0 saturated carbocycles. The third-order valence-electron chi connectivity index (χ3n) is 5.07. The van der Waals surface area contributed by atoms with Gasteiger partial charge in [-0.3, -0.25) is 0 Å². The van der Waals surface area contributed by atoms with E-state index in [-0.39, 0.29) is 0 Å². The fraction of sp³-hybridized carbons (Fsp3) is 0.0714. The molecule has 142 valence electrons. The first-order chi connectivity index (χ1) is 14.2. The molecule has 4 aromatic carbocycles. The zero-order valence-corrected chi connectivity index (χ0v) is 16.9. The zero-order chi connectivity index (χ0) is 20.1. The summed E-state index contributed by atoms with van der Waals surface area (Å²) < 4.78 is 0. The fourth-order valence-corrected chi connectivity index (χ4v) is 3.46. The second-order valence-electron chi connectivity index (χ2n) is 7.29. The SMILES string of the molecule is Cc1ccc(C)c(/C=C/c2ccc(N(c3ccccc3)c3ccccc3)cc2)c1. The Labute approximate surface area is 173 Å². The van der Waals surface area contributed by atoms with E-state index in [1.165, 1.54) is 22.3 Å². The summed E-state index contributed by atoms with van der Waals surface area (Å²) in [5, 5.41) is 0. The van der Waals surface area contributed by atoms with Gasteiger partial charge in [0.2, 0.25) is 0 Å². The first kappa shape index (κ1) is 18.8. The molecule has 0 fully saturated rings. The maximum atomic E-state index is 2.28. The first-order valence-corrected chi connectivity index (χ1v) is 9.96. The topological polar surface area (TPSA) is 3.24 Å². The van der Waals surface area contributed by atoms with Gasteiger partial charge in [0.25, 0.3) is 0 Å². The maximum absolute atomic E-state index is 2.28. The predicted molar refractivity (Wildman–Crippen MR) is 126 cm³/mol. The van der Waals surface area contributed by atoms with Crippen molar-refractivity contribution in [3.05, 3.63) is 125 Å². The summed E-state index contributed by atoms with van der Waals surface area (Å²) in [6.45, 7) is 4.28. The van der Waals surface area contributed by atoms with E-state index in [0.29, 0.717) is 0 Å². The van der Waals surface area contributed by atoms with Gasteiger partial charge in [-0.1, -0.05) is 84.4 Å². The van der Waals surface area contributed by atoms with Gasteiger partial charge in [0.15, 0.2) is 0 Å². The second-order valence-corrected chi connectivity index (χ2v) is 7.29. The molecule has 0 aromatic heterocycles. The highest BCUT2D eigenvalue weighted by Crippen LogP contribution is 2.34. The van der Waals surface area contributed by atoms with E-state index in [1.807, 2.05) is 12.1 Å². The van der Waals surface area contributed by atoms with E-state index in [9.17, 15) is 0 Å². The summed E-state index contributed by atoms with van der Waals surface area (Å²) in [6.07, 6.45) is 4.38. The Hall–Kier alpha value is -3.58.